The molecule has 0 radical (unpaired) electrons. The third kappa shape index (κ3) is 8.83. The van der Waals surface area contributed by atoms with E-state index >= 15 is 0 Å². The fraction of sp³-hybridized carbons (Fsp3) is 0.933. The number of hydrogen-bond acceptors (Lipinski definition) is 3. The Labute approximate surface area is 147 Å². The van der Waals surface area contributed by atoms with Crippen LogP contribution in [-0.4, -0.2) is 63.3 Å². The summed E-state index contributed by atoms with van der Waals surface area (Å²) in [4.78, 5) is 7.25. The van der Waals surface area contributed by atoms with Crippen LogP contribution in [0.25, 0.3) is 0 Å². The quantitative estimate of drug-likeness (QED) is 0.290. The number of ether oxygens (including phenoxy) is 1. The Morgan fingerprint density at radius 2 is 2.19 bits per heavy atom. The molecule has 2 N–H and O–H groups in total. The van der Waals surface area contributed by atoms with Gasteiger partial charge in [-0.3, -0.25) is 9.89 Å². The van der Waals surface area contributed by atoms with Crippen LogP contribution in [0.15, 0.2) is 4.99 Å². The van der Waals surface area contributed by atoms with Crippen molar-refractivity contribution in [2.75, 3.05) is 46.4 Å². The largest absolute Gasteiger partial charge is 0.383 e. The first kappa shape index (κ1) is 20.9. The maximum Gasteiger partial charge on any atom is 0.191 e. The van der Waals surface area contributed by atoms with Crippen molar-refractivity contribution in [2.45, 2.75) is 39.7 Å². The molecular formula is C15H33IN4O. The van der Waals surface area contributed by atoms with E-state index in [1.807, 2.05) is 0 Å². The van der Waals surface area contributed by atoms with Crippen LogP contribution in [0.3, 0.4) is 0 Å². The van der Waals surface area contributed by atoms with Gasteiger partial charge in [-0.1, -0.05) is 6.92 Å². The molecule has 2 unspecified atom stereocenters. The van der Waals surface area contributed by atoms with Crippen molar-refractivity contribution in [3.8, 4) is 0 Å². The van der Waals surface area contributed by atoms with Gasteiger partial charge in [0.15, 0.2) is 5.96 Å². The number of piperidine rings is 1. The second-order valence-corrected chi connectivity index (χ2v) is 5.73. The zero-order valence-electron chi connectivity index (χ0n) is 14.0. The number of nitrogens with zero attached hydrogens (tertiary/aromatic N) is 2. The average molecular weight is 412 g/mol. The first-order valence-electron chi connectivity index (χ1n) is 7.92. The van der Waals surface area contributed by atoms with Gasteiger partial charge in [0.2, 0.25) is 0 Å². The Bertz CT molecular complexity index is 289. The lowest BCUT2D eigenvalue weighted by atomic mass is 9.99. The molecule has 0 aromatic heterocycles. The van der Waals surface area contributed by atoms with Crippen LogP contribution in [-0.2, 0) is 4.74 Å². The number of guanidine groups is 1. The highest BCUT2D eigenvalue weighted by atomic mass is 127. The van der Waals surface area contributed by atoms with E-state index in [1.165, 1.54) is 25.9 Å². The number of likely N-dealkylation sites (tertiary alicyclic amines) is 1. The van der Waals surface area contributed by atoms with Crippen molar-refractivity contribution >= 4 is 29.9 Å². The lowest BCUT2D eigenvalue weighted by Gasteiger charge is -2.35. The highest BCUT2D eigenvalue weighted by Gasteiger charge is 2.20. The molecule has 0 aliphatic carbocycles. The molecule has 6 heteroatoms. The van der Waals surface area contributed by atoms with Crippen LogP contribution < -0.4 is 10.6 Å². The van der Waals surface area contributed by atoms with Crippen LogP contribution >= 0.6 is 24.0 Å². The van der Waals surface area contributed by atoms with Crippen LogP contribution in [0.1, 0.15) is 33.6 Å². The number of rotatable bonds is 7. The number of halogens is 1. The molecule has 0 spiro atoms. The lowest BCUT2D eigenvalue weighted by Crippen LogP contribution is -2.43. The maximum atomic E-state index is 5.05. The van der Waals surface area contributed by atoms with Crippen molar-refractivity contribution in [1.82, 2.24) is 15.5 Å². The fourth-order valence-corrected chi connectivity index (χ4v) is 2.58. The summed E-state index contributed by atoms with van der Waals surface area (Å²) in [6.07, 6.45) is 2.69. The molecule has 5 nitrogen and oxygen atoms in total. The van der Waals surface area contributed by atoms with Crippen molar-refractivity contribution in [3.05, 3.63) is 0 Å². The van der Waals surface area contributed by atoms with E-state index in [2.05, 4.69) is 41.3 Å². The van der Waals surface area contributed by atoms with E-state index in [1.54, 1.807) is 7.11 Å². The van der Waals surface area contributed by atoms with Gasteiger partial charge in [-0.15, -0.1) is 24.0 Å². The number of methoxy groups -OCH3 is 1. The Morgan fingerprint density at radius 1 is 1.43 bits per heavy atom. The molecule has 1 heterocycles. The molecule has 0 amide bonds. The second-order valence-electron chi connectivity index (χ2n) is 5.73. The van der Waals surface area contributed by atoms with Gasteiger partial charge in [-0.2, -0.15) is 0 Å². The molecular weight excluding hydrogens is 379 g/mol. The normalized spacial score (nSPS) is 21.5. The predicted octanol–water partition coefficient (Wildman–Crippen LogP) is 1.93. The highest BCUT2D eigenvalue weighted by Crippen LogP contribution is 2.17. The maximum absolute atomic E-state index is 5.05. The van der Waals surface area contributed by atoms with Crippen LogP contribution in [0.4, 0.5) is 0 Å². The number of nitrogens with one attached hydrogen (secondary N) is 2. The van der Waals surface area contributed by atoms with Crippen molar-refractivity contribution in [3.63, 3.8) is 0 Å². The van der Waals surface area contributed by atoms with Crippen LogP contribution in [0, 0.1) is 5.92 Å². The molecule has 2 atom stereocenters. The summed E-state index contributed by atoms with van der Waals surface area (Å²) < 4.78 is 5.05. The molecule has 0 aromatic rings. The van der Waals surface area contributed by atoms with E-state index in [4.69, 9.17) is 4.74 Å². The topological polar surface area (TPSA) is 48.9 Å². The monoisotopic (exact) mass is 412 g/mol. The minimum Gasteiger partial charge on any atom is -0.383 e. The Morgan fingerprint density at radius 3 is 2.81 bits per heavy atom. The summed E-state index contributed by atoms with van der Waals surface area (Å²) in [7, 11) is 1.71. The highest BCUT2D eigenvalue weighted by molar-refractivity contribution is 14.0. The minimum atomic E-state index is 0. The molecule has 21 heavy (non-hydrogen) atoms. The van der Waals surface area contributed by atoms with Crippen molar-refractivity contribution < 1.29 is 4.74 Å². The first-order chi connectivity index (χ1) is 9.67. The van der Waals surface area contributed by atoms with E-state index in [0.717, 1.165) is 31.5 Å². The lowest BCUT2D eigenvalue weighted by molar-refractivity contribution is 0.142. The van der Waals surface area contributed by atoms with Gasteiger partial charge in [-0.05, 0) is 39.2 Å². The predicted molar refractivity (Wildman–Crippen MR) is 101 cm³/mol. The number of hydrogen-bond donors (Lipinski definition) is 2. The Kier molecular flexibility index (Phi) is 12.4. The third-order valence-electron chi connectivity index (χ3n) is 3.77. The van der Waals surface area contributed by atoms with Gasteiger partial charge in [-0.25, -0.2) is 0 Å². The number of aliphatic imine (C=N–C) groups is 1. The molecule has 1 rings (SSSR count). The van der Waals surface area contributed by atoms with E-state index in [0.29, 0.717) is 12.6 Å². The average Bonchev–Trinajstić information content (AvgIpc) is 2.44. The Hall–Kier alpha value is -0.0800. The summed E-state index contributed by atoms with van der Waals surface area (Å²) in [6.45, 7) is 12.4. The van der Waals surface area contributed by atoms with Gasteiger partial charge in [0.05, 0.1) is 13.2 Å². The third-order valence-corrected chi connectivity index (χ3v) is 3.77. The van der Waals surface area contributed by atoms with E-state index in [9.17, 15) is 0 Å². The van der Waals surface area contributed by atoms with Crippen LogP contribution in [0.5, 0.6) is 0 Å². The Balaban J connectivity index is 0.00000400. The van der Waals surface area contributed by atoms with Gasteiger partial charge in [0, 0.05) is 32.8 Å². The fourth-order valence-electron chi connectivity index (χ4n) is 2.58. The second kappa shape index (κ2) is 12.5. The zero-order valence-corrected chi connectivity index (χ0v) is 16.4. The summed E-state index contributed by atoms with van der Waals surface area (Å²) >= 11 is 0. The molecule has 0 saturated carbocycles. The van der Waals surface area contributed by atoms with Gasteiger partial charge >= 0.3 is 0 Å². The summed E-state index contributed by atoms with van der Waals surface area (Å²) in [6, 6.07) is 0.510. The van der Waals surface area contributed by atoms with Crippen LogP contribution in [0.2, 0.25) is 0 Å². The standard InChI is InChI=1S/C15H32N4O.HI/c1-5-16-15(17-8-10-20-4)18-11-14(3)19-9-6-7-13(2)12-19;/h13-14H,5-12H2,1-4H3,(H2,16,17,18);1H. The zero-order chi connectivity index (χ0) is 14.8. The van der Waals surface area contributed by atoms with Gasteiger partial charge in [0.1, 0.15) is 0 Å². The molecule has 1 aliphatic rings. The van der Waals surface area contributed by atoms with Crippen molar-refractivity contribution in [1.29, 1.82) is 0 Å². The van der Waals surface area contributed by atoms with E-state index in [-0.39, 0.29) is 24.0 Å². The molecule has 1 saturated heterocycles. The van der Waals surface area contributed by atoms with E-state index < -0.39 is 0 Å². The molecule has 1 aliphatic heterocycles. The molecule has 1 fully saturated rings. The minimum absolute atomic E-state index is 0. The van der Waals surface area contributed by atoms with Gasteiger partial charge < -0.3 is 15.4 Å². The summed E-state index contributed by atoms with van der Waals surface area (Å²) in [5.41, 5.74) is 0. The SMILES string of the molecule is CCNC(=NCC(C)N1CCCC(C)C1)NCCOC.I. The first-order valence-corrected chi connectivity index (χ1v) is 7.92. The van der Waals surface area contributed by atoms with Gasteiger partial charge in [0.25, 0.3) is 0 Å². The molecule has 0 bridgehead atoms. The molecule has 126 valence electrons. The smallest absolute Gasteiger partial charge is 0.191 e. The molecule has 0 aromatic carbocycles. The van der Waals surface area contributed by atoms with Crippen molar-refractivity contribution in [2.24, 2.45) is 10.9 Å². The summed E-state index contributed by atoms with van der Waals surface area (Å²) in [5, 5.41) is 6.56. The summed E-state index contributed by atoms with van der Waals surface area (Å²) in [5.74, 6) is 1.71.